The number of halogens is 1. The van der Waals surface area contributed by atoms with Gasteiger partial charge in [0.15, 0.2) is 0 Å². The van der Waals surface area contributed by atoms with E-state index in [4.69, 9.17) is 4.74 Å². The number of benzene rings is 1. The summed E-state index contributed by atoms with van der Waals surface area (Å²) >= 11 is 0. The van der Waals surface area contributed by atoms with Crippen LogP contribution in [-0.2, 0) is 4.74 Å². The van der Waals surface area contributed by atoms with Gasteiger partial charge in [-0.05, 0) is 43.4 Å². The zero-order valence-electron chi connectivity index (χ0n) is 12.0. The van der Waals surface area contributed by atoms with Crippen LogP contribution in [0.4, 0.5) is 4.39 Å². The molecule has 2 fully saturated rings. The van der Waals surface area contributed by atoms with Crippen molar-refractivity contribution in [3.8, 4) is 0 Å². The van der Waals surface area contributed by atoms with E-state index in [1.165, 1.54) is 38.2 Å². The minimum atomic E-state index is -0.175. The summed E-state index contributed by atoms with van der Waals surface area (Å²) in [5.41, 5.74) is 0.962. The maximum Gasteiger partial charge on any atom is 0.123 e. The van der Waals surface area contributed by atoms with E-state index in [2.05, 4.69) is 5.32 Å². The van der Waals surface area contributed by atoms with Crippen LogP contribution in [-0.4, -0.2) is 18.7 Å². The van der Waals surface area contributed by atoms with Crippen molar-refractivity contribution in [3.63, 3.8) is 0 Å². The Morgan fingerprint density at radius 2 is 1.95 bits per heavy atom. The van der Waals surface area contributed by atoms with Gasteiger partial charge in [0.05, 0.1) is 12.2 Å². The van der Waals surface area contributed by atoms with Crippen LogP contribution in [0.25, 0.3) is 0 Å². The molecule has 1 atom stereocenters. The SMILES string of the molecule is Fc1cccc(C(CNC2CC2)OC2CCCCC2)c1. The lowest BCUT2D eigenvalue weighted by Crippen LogP contribution is -2.29. The van der Waals surface area contributed by atoms with Crippen LogP contribution in [0, 0.1) is 5.82 Å². The highest BCUT2D eigenvalue weighted by atomic mass is 19.1. The summed E-state index contributed by atoms with van der Waals surface area (Å²) in [4.78, 5) is 0. The first-order valence-corrected chi connectivity index (χ1v) is 7.95. The Morgan fingerprint density at radius 1 is 1.15 bits per heavy atom. The number of ether oxygens (including phenoxy) is 1. The summed E-state index contributed by atoms with van der Waals surface area (Å²) in [6, 6.07) is 7.52. The van der Waals surface area contributed by atoms with Gasteiger partial charge in [-0.2, -0.15) is 0 Å². The molecule has 0 spiro atoms. The third kappa shape index (κ3) is 4.03. The van der Waals surface area contributed by atoms with Gasteiger partial charge in [0.1, 0.15) is 5.82 Å². The smallest absolute Gasteiger partial charge is 0.123 e. The van der Waals surface area contributed by atoms with Crippen LogP contribution in [0.5, 0.6) is 0 Å². The average Bonchev–Trinajstić information content (AvgIpc) is 3.29. The van der Waals surface area contributed by atoms with Crippen LogP contribution in [0.1, 0.15) is 56.6 Å². The molecule has 3 heteroatoms. The summed E-state index contributed by atoms with van der Waals surface area (Å²) in [6.07, 6.45) is 8.99. The predicted octanol–water partition coefficient (Wildman–Crippen LogP) is 3.97. The van der Waals surface area contributed by atoms with Crippen LogP contribution < -0.4 is 5.32 Å². The van der Waals surface area contributed by atoms with Crippen LogP contribution in [0.3, 0.4) is 0 Å². The Balaban J connectivity index is 1.64. The van der Waals surface area contributed by atoms with Crippen molar-refractivity contribution in [1.29, 1.82) is 0 Å². The van der Waals surface area contributed by atoms with Crippen molar-refractivity contribution in [3.05, 3.63) is 35.6 Å². The fraction of sp³-hybridized carbons (Fsp3) is 0.647. The summed E-state index contributed by atoms with van der Waals surface area (Å²) in [7, 11) is 0. The van der Waals surface area contributed by atoms with Gasteiger partial charge in [-0.25, -0.2) is 4.39 Å². The molecule has 0 aliphatic heterocycles. The maximum absolute atomic E-state index is 13.4. The van der Waals surface area contributed by atoms with Gasteiger partial charge in [-0.15, -0.1) is 0 Å². The van der Waals surface area contributed by atoms with E-state index >= 15 is 0 Å². The van der Waals surface area contributed by atoms with E-state index in [0.717, 1.165) is 24.9 Å². The van der Waals surface area contributed by atoms with Gasteiger partial charge in [-0.1, -0.05) is 31.4 Å². The molecule has 1 aromatic rings. The molecule has 3 rings (SSSR count). The number of nitrogens with one attached hydrogen (secondary N) is 1. The van der Waals surface area contributed by atoms with Gasteiger partial charge in [-0.3, -0.25) is 0 Å². The van der Waals surface area contributed by atoms with Crippen molar-refractivity contribution in [2.75, 3.05) is 6.54 Å². The van der Waals surface area contributed by atoms with Crippen molar-refractivity contribution in [1.82, 2.24) is 5.32 Å². The van der Waals surface area contributed by atoms with E-state index in [0.29, 0.717) is 12.1 Å². The third-order valence-corrected chi connectivity index (χ3v) is 4.30. The first kappa shape index (κ1) is 14.0. The zero-order valence-corrected chi connectivity index (χ0v) is 12.0. The second-order valence-electron chi connectivity index (χ2n) is 6.12. The van der Waals surface area contributed by atoms with Gasteiger partial charge < -0.3 is 10.1 Å². The van der Waals surface area contributed by atoms with Gasteiger partial charge >= 0.3 is 0 Å². The molecule has 0 heterocycles. The topological polar surface area (TPSA) is 21.3 Å². The highest BCUT2D eigenvalue weighted by molar-refractivity contribution is 5.19. The molecule has 20 heavy (non-hydrogen) atoms. The molecule has 0 saturated heterocycles. The van der Waals surface area contributed by atoms with Gasteiger partial charge in [0, 0.05) is 12.6 Å². The monoisotopic (exact) mass is 277 g/mol. The molecule has 2 aliphatic rings. The lowest BCUT2D eigenvalue weighted by atomic mass is 9.97. The lowest BCUT2D eigenvalue weighted by Gasteiger charge is -2.28. The first-order valence-electron chi connectivity index (χ1n) is 7.95. The Hall–Kier alpha value is -0.930. The second kappa shape index (κ2) is 6.68. The maximum atomic E-state index is 13.4. The van der Waals surface area contributed by atoms with Crippen molar-refractivity contribution >= 4 is 0 Å². The van der Waals surface area contributed by atoms with Crippen molar-refractivity contribution < 1.29 is 9.13 Å². The highest BCUT2D eigenvalue weighted by Crippen LogP contribution is 2.28. The molecule has 0 amide bonds. The molecule has 0 radical (unpaired) electrons. The molecule has 0 bridgehead atoms. The third-order valence-electron chi connectivity index (χ3n) is 4.30. The van der Waals surface area contributed by atoms with Gasteiger partial charge in [0.2, 0.25) is 0 Å². The fourth-order valence-electron chi connectivity index (χ4n) is 2.95. The van der Waals surface area contributed by atoms with Crippen molar-refractivity contribution in [2.24, 2.45) is 0 Å². The normalized spacial score (nSPS) is 21.9. The molecule has 2 aliphatic carbocycles. The molecule has 2 nitrogen and oxygen atoms in total. The van der Waals surface area contributed by atoms with E-state index in [1.54, 1.807) is 12.1 Å². The van der Waals surface area contributed by atoms with Gasteiger partial charge in [0.25, 0.3) is 0 Å². The van der Waals surface area contributed by atoms with Crippen molar-refractivity contribution in [2.45, 2.75) is 63.2 Å². The summed E-state index contributed by atoms with van der Waals surface area (Å²) < 4.78 is 19.7. The van der Waals surface area contributed by atoms with E-state index in [-0.39, 0.29) is 11.9 Å². The molecular weight excluding hydrogens is 253 g/mol. The Bertz CT molecular complexity index is 427. The molecular formula is C17H24FNO. The first-order chi connectivity index (χ1) is 9.81. The predicted molar refractivity (Wildman–Crippen MR) is 78.1 cm³/mol. The minimum absolute atomic E-state index is 0.0191. The Kier molecular flexibility index (Phi) is 4.69. The minimum Gasteiger partial charge on any atom is -0.369 e. The lowest BCUT2D eigenvalue weighted by molar-refractivity contribution is -0.0308. The Morgan fingerprint density at radius 3 is 2.65 bits per heavy atom. The standard InChI is InChI=1S/C17H24FNO/c18-14-6-4-5-13(11-14)17(12-19-15-9-10-15)20-16-7-2-1-3-8-16/h4-6,11,15-17,19H,1-3,7-10,12H2. The van der Waals surface area contributed by atoms with Crippen LogP contribution in [0.15, 0.2) is 24.3 Å². The van der Waals surface area contributed by atoms with E-state index < -0.39 is 0 Å². The molecule has 1 unspecified atom stereocenters. The Labute approximate surface area is 120 Å². The second-order valence-corrected chi connectivity index (χ2v) is 6.12. The highest BCUT2D eigenvalue weighted by Gasteiger charge is 2.25. The largest absolute Gasteiger partial charge is 0.369 e. The summed E-state index contributed by atoms with van der Waals surface area (Å²) in [5.74, 6) is -0.175. The van der Waals surface area contributed by atoms with Crippen LogP contribution in [0.2, 0.25) is 0 Å². The summed E-state index contributed by atoms with van der Waals surface area (Å²) in [5, 5.41) is 3.52. The fourth-order valence-corrected chi connectivity index (χ4v) is 2.95. The number of hydrogen-bond donors (Lipinski definition) is 1. The molecule has 0 aromatic heterocycles. The van der Waals surface area contributed by atoms with Crippen LogP contribution >= 0.6 is 0 Å². The van der Waals surface area contributed by atoms with E-state index in [1.807, 2.05) is 6.07 Å². The quantitative estimate of drug-likeness (QED) is 0.849. The molecule has 1 N–H and O–H groups in total. The molecule has 110 valence electrons. The zero-order chi connectivity index (χ0) is 13.8. The number of hydrogen-bond acceptors (Lipinski definition) is 2. The molecule has 1 aromatic carbocycles. The van der Waals surface area contributed by atoms with E-state index in [9.17, 15) is 4.39 Å². The number of rotatable bonds is 6. The molecule has 2 saturated carbocycles. The average molecular weight is 277 g/mol. The summed E-state index contributed by atoms with van der Waals surface area (Å²) in [6.45, 7) is 0.796.